The molecule has 0 fully saturated rings. The van der Waals surface area contributed by atoms with Crippen LogP contribution in [-0.2, 0) is 0 Å². The van der Waals surface area contributed by atoms with Crippen LogP contribution < -0.4 is 5.73 Å². The molecule has 1 atom stereocenters. The van der Waals surface area contributed by atoms with Crippen molar-refractivity contribution in [1.82, 2.24) is 9.55 Å². The van der Waals surface area contributed by atoms with Gasteiger partial charge in [0.05, 0.1) is 18.2 Å². The fourth-order valence-electron chi connectivity index (χ4n) is 1.49. The Morgan fingerprint density at radius 2 is 2.06 bits per heavy atom. The minimum atomic E-state index is -0.771. The summed E-state index contributed by atoms with van der Waals surface area (Å²) < 4.78 is 14.4. The first-order chi connectivity index (χ1) is 7.72. The minimum Gasteiger partial charge on any atom is -0.385 e. The highest BCUT2D eigenvalue weighted by Crippen LogP contribution is 2.17. The van der Waals surface area contributed by atoms with Gasteiger partial charge in [-0.15, -0.1) is 0 Å². The zero-order valence-electron chi connectivity index (χ0n) is 8.55. The largest absolute Gasteiger partial charge is 0.385 e. The standard InChI is InChI=1S/C11H12FN3O/c12-8-1-3-9(4-2-8)15-7-14-6-10(15)11(16)5-13/h1-4,6-7,11,16H,5,13H2. The van der Waals surface area contributed by atoms with Crippen LogP contribution in [0.15, 0.2) is 36.8 Å². The summed E-state index contributed by atoms with van der Waals surface area (Å²) in [5, 5.41) is 9.65. The second-order valence-corrected chi connectivity index (χ2v) is 3.42. The smallest absolute Gasteiger partial charge is 0.123 e. The van der Waals surface area contributed by atoms with Gasteiger partial charge in [0, 0.05) is 12.2 Å². The van der Waals surface area contributed by atoms with E-state index in [1.165, 1.54) is 12.1 Å². The Morgan fingerprint density at radius 3 is 2.69 bits per heavy atom. The number of rotatable bonds is 3. The average molecular weight is 221 g/mol. The van der Waals surface area contributed by atoms with E-state index in [2.05, 4.69) is 4.98 Å². The third kappa shape index (κ3) is 1.95. The summed E-state index contributed by atoms with van der Waals surface area (Å²) >= 11 is 0. The van der Waals surface area contributed by atoms with Crippen molar-refractivity contribution < 1.29 is 9.50 Å². The van der Waals surface area contributed by atoms with Crippen LogP contribution in [0.25, 0.3) is 5.69 Å². The van der Waals surface area contributed by atoms with E-state index in [0.29, 0.717) is 5.69 Å². The normalized spacial score (nSPS) is 12.7. The number of aliphatic hydroxyl groups is 1. The number of aromatic nitrogens is 2. The molecule has 5 heteroatoms. The number of nitrogens with two attached hydrogens (primary N) is 1. The first-order valence-corrected chi connectivity index (χ1v) is 4.88. The van der Waals surface area contributed by atoms with Crippen molar-refractivity contribution >= 4 is 0 Å². The summed E-state index contributed by atoms with van der Waals surface area (Å²) in [4.78, 5) is 3.94. The Kier molecular flexibility index (Phi) is 2.98. The number of hydrogen-bond acceptors (Lipinski definition) is 3. The number of aliphatic hydroxyl groups excluding tert-OH is 1. The SMILES string of the molecule is NCC(O)c1cncn1-c1ccc(F)cc1. The van der Waals surface area contributed by atoms with Crippen molar-refractivity contribution in [2.24, 2.45) is 5.73 Å². The van der Waals surface area contributed by atoms with Gasteiger partial charge < -0.3 is 15.4 Å². The molecule has 2 rings (SSSR count). The molecule has 1 aromatic heterocycles. The number of imidazole rings is 1. The molecule has 0 saturated heterocycles. The molecule has 0 aliphatic carbocycles. The second kappa shape index (κ2) is 4.42. The molecule has 0 spiro atoms. The van der Waals surface area contributed by atoms with Gasteiger partial charge in [0.1, 0.15) is 11.9 Å². The fraction of sp³-hybridized carbons (Fsp3) is 0.182. The number of nitrogens with zero attached hydrogens (tertiary/aromatic N) is 2. The molecule has 4 nitrogen and oxygen atoms in total. The maximum atomic E-state index is 12.8. The third-order valence-electron chi connectivity index (χ3n) is 2.34. The lowest BCUT2D eigenvalue weighted by Crippen LogP contribution is -2.14. The van der Waals surface area contributed by atoms with Gasteiger partial charge in [-0.25, -0.2) is 9.37 Å². The van der Waals surface area contributed by atoms with Gasteiger partial charge >= 0.3 is 0 Å². The highest BCUT2D eigenvalue weighted by atomic mass is 19.1. The van der Waals surface area contributed by atoms with Crippen LogP contribution in [-0.4, -0.2) is 21.2 Å². The zero-order valence-corrected chi connectivity index (χ0v) is 8.55. The average Bonchev–Trinajstić information content (AvgIpc) is 2.78. The molecule has 0 saturated carbocycles. The van der Waals surface area contributed by atoms with Crippen molar-refractivity contribution in [3.05, 3.63) is 48.3 Å². The summed E-state index contributed by atoms with van der Waals surface area (Å²) in [6.45, 7) is 0.118. The quantitative estimate of drug-likeness (QED) is 0.812. The summed E-state index contributed by atoms with van der Waals surface area (Å²) in [5.41, 5.74) is 6.71. The van der Waals surface area contributed by atoms with Crippen LogP contribution in [0.4, 0.5) is 4.39 Å². The monoisotopic (exact) mass is 221 g/mol. The van der Waals surface area contributed by atoms with Crippen LogP contribution >= 0.6 is 0 Å². The van der Waals surface area contributed by atoms with Gasteiger partial charge in [-0.2, -0.15) is 0 Å². The Labute approximate surface area is 92.2 Å². The Hall–Kier alpha value is -1.72. The second-order valence-electron chi connectivity index (χ2n) is 3.42. The lowest BCUT2D eigenvalue weighted by molar-refractivity contribution is 0.180. The van der Waals surface area contributed by atoms with Crippen molar-refractivity contribution in [2.45, 2.75) is 6.10 Å². The first-order valence-electron chi connectivity index (χ1n) is 4.88. The molecule has 0 aliphatic heterocycles. The van der Waals surface area contributed by atoms with E-state index in [4.69, 9.17) is 5.73 Å². The molecule has 0 amide bonds. The number of hydrogen-bond donors (Lipinski definition) is 2. The summed E-state index contributed by atoms with van der Waals surface area (Å²) in [7, 11) is 0. The molecule has 3 N–H and O–H groups in total. The number of halogens is 1. The van der Waals surface area contributed by atoms with Crippen LogP contribution in [0.1, 0.15) is 11.8 Å². The molecular weight excluding hydrogens is 209 g/mol. The first kappa shape index (κ1) is 10.8. The van der Waals surface area contributed by atoms with E-state index in [9.17, 15) is 9.50 Å². The number of benzene rings is 1. The topological polar surface area (TPSA) is 64.1 Å². The maximum Gasteiger partial charge on any atom is 0.123 e. The predicted octanol–water partition coefficient (Wildman–Crippen LogP) is 1.00. The molecule has 2 aromatic rings. The van der Waals surface area contributed by atoms with E-state index in [-0.39, 0.29) is 12.4 Å². The van der Waals surface area contributed by atoms with E-state index in [0.717, 1.165) is 5.69 Å². The van der Waals surface area contributed by atoms with Gasteiger partial charge in [-0.1, -0.05) is 0 Å². The molecule has 0 radical (unpaired) electrons. The summed E-state index contributed by atoms with van der Waals surface area (Å²) in [6, 6.07) is 5.94. The zero-order chi connectivity index (χ0) is 11.5. The van der Waals surface area contributed by atoms with Crippen molar-refractivity contribution in [3.63, 3.8) is 0 Å². The van der Waals surface area contributed by atoms with E-state index in [1.807, 2.05) is 0 Å². The van der Waals surface area contributed by atoms with E-state index >= 15 is 0 Å². The molecule has 0 bridgehead atoms. The third-order valence-corrected chi connectivity index (χ3v) is 2.34. The molecule has 0 aliphatic rings. The van der Waals surface area contributed by atoms with Crippen LogP contribution in [0.3, 0.4) is 0 Å². The molecule has 84 valence electrons. The van der Waals surface area contributed by atoms with Crippen molar-refractivity contribution in [3.8, 4) is 5.69 Å². The summed E-state index contributed by atoms with van der Waals surface area (Å²) in [6.07, 6.45) is 2.33. The maximum absolute atomic E-state index is 12.8. The Balaban J connectivity index is 2.40. The summed E-state index contributed by atoms with van der Waals surface area (Å²) in [5.74, 6) is -0.301. The van der Waals surface area contributed by atoms with Gasteiger partial charge in [0.2, 0.25) is 0 Å². The highest BCUT2D eigenvalue weighted by Gasteiger charge is 2.11. The van der Waals surface area contributed by atoms with E-state index < -0.39 is 6.10 Å². The van der Waals surface area contributed by atoms with E-state index in [1.54, 1.807) is 29.2 Å². The molecule has 1 aromatic carbocycles. The lowest BCUT2D eigenvalue weighted by Gasteiger charge is -2.11. The molecule has 1 heterocycles. The van der Waals surface area contributed by atoms with Crippen molar-refractivity contribution in [2.75, 3.05) is 6.54 Å². The van der Waals surface area contributed by atoms with Crippen LogP contribution in [0.2, 0.25) is 0 Å². The van der Waals surface area contributed by atoms with Gasteiger partial charge in [0.15, 0.2) is 0 Å². The van der Waals surface area contributed by atoms with Crippen LogP contribution in [0, 0.1) is 5.82 Å². The molecule has 16 heavy (non-hydrogen) atoms. The predicted molar refractivity (Wildman–Crippen MR) is 57.5 cm³/mol. The highest BCUT2D eigenvalue weighted by molar-refractivity contribution is 5.34. The van der Waals surface area contributed by atoms with Crippen molar-refractivity contribution in [1.29, 1.82) is 0 Å². The molecule has 1 unspecified atom stereocenters. The van der Waals surface area contributed by atoms with Crippen LogP contribution in [0.5, 0.6) is 0 Å². The fourth-order valence-corrected chi connectivity index (χ4v) is 1.49. The minimum absolute atomic E-state index is 0.118. The van der Waals surface area contributed by atoms with Gasteiger partial charge in [-0.05, 0) is 24.3 Å². The Bertz CT molecular complexity index is 466. The Morgan fingerprint density at radius 1 is 1.38 bits per heavy atom. The van der Waals surface area contributed by atoms with Gasteiger partial charge in [-0.3, -0.25) is 0 Å². The lowest BCUT2D eigenvalue weighted by atomic mass is 10.2. The molecular formula is C11H12FN3O. The van der Waals surface area contributed by atoms with Gasteiger partial charge in [0.25, 0.3) is 0 Å².